The smallest absolute Gasteiger partial charge is 0.0793 e. The van der Waals surface area contributed by atoms with Crippen molar-refractivity contribution in [1.29, 1.82) is 0 Å². The van der Waals surface area contributed by atoms with Gasteiger partial charge < -0.3 is 15.6 Å². The van der Waals surface area contributed by atoms with E-state index in [1.807, 2.05) is 34.6 Å². The van der Waals surface area contributed by atoms with Gasteiger partial charge >= 0.3 is 0 Å². The lowest BCUT2D eigenvalue weighted by molar-refractivity contribution is 0.201. The van der Waals surface area contributed by atoms with Gasteiger partial charge in [-0.1, -0.05) is 142 Å². The van der Waals surface area contributed by atoms with Crippen LogP contribution in [0.2, 0.25) is 0 Å². The van der Waals surface area contributed by atoms with E-state index in [0.717, 1.165) is 67.2 Å². The van der Waals surface area contributed by atoms with E-state index in [4.69, 9.17) is 0 Å². The van der Waals surface area contributed by atoms with Crippen LogP contribution in [0.4, 0.5) is 5.69 Å². The van der Waals surface area contributed by atoms with E-state index in [1.54, 1.807) is 11.3 Å². The fourth-order valence-electron chi connectivity index (χ4n) is 7.37. The van der Waals surface area contributed by atoms with Crippen molar-refractivity contribution >= 4 is 22.7 Å². The van der Waals surface area contributed by atoms with Gasteiger partial charge in [0.05, 0.1) is 22.0 Å². The Morgan fingerprint density at radius 2 is 1.43 bits per heavy atom. The Balaban J connectivity index is 0.000000680. The molecule has 6 heteroatoms. The van der Waals surface area contributed by atoms with Crippen LogP contribution in [0, 0.1) is 5.41 Å². The molecule has 0 amide bonds. The molecule has 3 aromatic rings. The summed E-state index contributed by atoms with van der Waals surface area (Å²) in [6.45, 7) is 39.8. The van der Waals surface area contributed by atoms with Crippen molar-refractivity contribution in [2.24, 2.45) is 5.41 Å². The molecule has 53 heavy (non-hydrogen) atoms. The normalized spacial score (nSPS) is 16.1. The molecule has 0 spiro atoms. The second-order valence-electron chi connectivity index (χ2n) is 15.3. The topological polar surface area (TPSA) is 42.6 Å². The molecular weight excluding hydrogens is 667 g/mol. The highest BCUT2D eigenvalue weighted by Gasteiger charge is 2.43. The van der Waals surface area contributed by atoms with Crippen LogP contribution in [0.15, 0.2) is 102 Å². The third-order valence-corrected chi connectivity index (χ3v) is 11.6. The molecule has 0 saturated carbocycles. The van der Waals surface area contributed by atoms with Crippen molar-refractivity contribution in [1.82, 2.24) is 21.2 Å². The summed E-state index contributed by atoms with van der Waals surface area (Å²) in [7, 11) is 0. The zero-order valence-electron chi connectivity index (χ0n) is 35.1. The minimum absolute atomic E-state index is 0.0772. The van der Waals surface area contributed by atoms with Gasteiger partial charge in [-0.15, -0.1) is 16.9 Å². The van der Waals surface area contributed by atoms with E-state index in [-0.39, 0.29) is 5.41 Å². The molecule has 3 heterocycles. The number of anilines is 1. The Bertz CT molecular complexity index is 1630. The first-order valence-electron chi connectivity index (χ1n) is 20.2. The predicted octanol–water partition coefficient (Wildman–Crippen LogP) is 12.6. The molecule has 0 unspecified atom stereocenters. The average Bonchev–Trinajstić information content (AvgIpc) is 3.87. The first kappa shape index (κ1) is 43.8. The fourth-order valence-corrected chi connectivity index (χ4v) is 8.18. The molecule has 2 aromatic carbocycles. The Kier molecular flexibility index (Phi) is 16.7. The number of hydrogen-bond acceptors (Lipinski definition) is 6. The number of allylic oxidation sites excluding steroid dienone is 3. The molecule has 0 bridgehead atoms. The number of piperidine rings is 1. The summed E-state index contributed by atoms with van der Waals surface area (Å²) >= 11 is 1.73. The van der Waals surface area contributed by atoms with Gasteiger partial charge in [0, 0.05) is 30.2 Å². The molecule has 6 rings (SSSR count). The number of nitrogens with one attached hydrogen (secondary N) is 3. The Morgan fingerprint density at radius 3 is 1.92 bits per heavy atom. The van der Waals surface area contributed by atoms with Crippen LogP contribution < -0.4 is 21.3 Å². The maximum absolute atomic E-state index is 4.53. The average molecular weight is 738 g/mol. The van der Waals surface area contributed by atoms with Crippen molar-refractivity contribution in [3.8, 4) is 11.1 Å². The molecule has 1 aromatic heterocycles. The molecule has 3 aliphatic rings. The van der Waals surface area contributed by atoms with E-state index in [1.165, 1.54) is 52.0 Å². The summed E-state index contributed by atoms with van der Waals surface area (Å²) in [5.41, 5.74) is 19.2. The van der Waals surface area contributed by atoms with Gasteiger partial charge in [-0.2, -0.15) is 0 Å². The first-order valence-corrected chi connectivity index (χ1v) is 21.0. The van der Waals surface area contributed by atoms with Crippen LogP contribution in [0.3, 0.4) is 0 Å². The van der Waals surface area contributed by atoms with E-state index in [2.05, 4.69) is 147 Å². The molecule has 2 aliphatic heterocycles. The molecular formula is C47H71N5S. The maximum Gasteiger partial charge on any atom is 0.0793 e. The minimum atomic E-state index is -0.0772. The molecule has 290 valence electrons. The SMILES string of the molecule is C=C(C)C1=C(C)N(c2ccsc2C(=C)NC2CCN(CCCCC3(C(=C)C)c4ccccc4-c4ccccc43)CC2)NN1.CC.CC.CCC(C)(C)C. The molecule has 5 nitrogen and oxygen atoms in total. The van der Waals surface area contributed by atoms with Crippen LogP contribution in [0.5, 0.6) is 0 Å². The highest BCUT2D eigenvalue weighted by Crippen LogP contribution is 2.54. The summed E-state index contributed by atoms with van der Waals surface area (Å²) in [5.74, 6) is 0. The van der Waals surface area contributed by atoms with Crippen LogP contribution >= 0.6 is 11.3 Å². The van der Waals surface area contributed by atoms with Gasteiger partial charge in [0.25, 0.3) is 0 Å². The van der Waals surface area contributed by atoms with Gasteiger partial charge in [0.2, 0.25) is 0 Å². The fraction of sp³-hybridized carbons (Fsp3) is 0.489. The van der Waals surface area contributed by atoms with Crippen molar-refractivity contribution in [2.45, 2.75) is 126 Å². The number of hydrogen-bond donors (Lipinski definition) is 3. The monoisotopic (exact) mass is 738 g/mol. The van der Waals surface area contributed by atoms with Crippen molar-refractivity contribution < 1.29 is 0 Å². The number of thiophene rings is 1. The molecule has 3 N–H and O–H groups in total. The maximum atomic E-state index is 4.53. The van der Waals surface area contributed by atoms with Gasteiger partial charge in [0.15, 0.2) is 0 Å². The van der Waals surface area contributed by atoms with E-state index >= 15 is 0 Å². The second-order valence-corrected chi connectivity index (χ2v) is 16.3. The van der Waals surface area contributed by atoms with Crippen LogP contribution in [0.1, 0.15) is 131 Å². The summed E-state index contributed by atoms with van der Waals surface area (Å²) in [4.78, 5) is 3.81. The zero-order chi connectivity index (χ0) is 39.3. The quantitative estimate of drug-likeness (QED) is 0.135. The number of benzene rings is 2. The second kappa shape index (κ2) is 20.2. The van der Waals surface area contributed by atoms with Crippen LogP contribution in [-0.4, -0.2) is 30.6 Å². The molecule has 1 aliphatic carbocycles. The Morgan fingerprint density at radius 1 is 0.887 bits per heavy atom. The number of rotatable bonds is 11. The number of likely N-dealkylation sites (tertiary alicyclic amines) is 1. The van der Waals surface area contributed by atoms with Crippen molar-refractivity contribution in [3.63, 3.8) is 0 Å². The number of fused-ring (bicyclic) bond motifs is 3. The van der Waals surface area contributed by atoms with E-state index in [0.29, 0.717) is 11.5 Å². The largest absolute Gasteiger partial charge is 0.381 e. The van der Waals surface area contributed by atoms with Gasteiger partial charge in [0.1, 0.15) is 0 Å². The molecule has 0 radical (unpaired) electrons. The standard InChI is InChI=1S/C37H45N5S.C6H14.2C2H6/c1-25(2)35-28(6)42(40-39-35)34-19-24-43-36(34)27(5)38-29-17-22-41(23-18-29)21-12-11-20-37(26(3)4)32-15-9-7-13-30(32)31-14-8-10-16-33(31)37;1-5-6(2,3)4;2*1-2/h7-10,13-16,19,24,29,38-40H,1,3,5,11-12,17-18,20-23H2,2,4,6H3;5H2,1-4H3;2*1-2H3. The summed E-state index contributed by atoms with van der Waals surface area (Å²) in [5, 5.41) is 7.99. The predicted molar refractivity (Wildman–Crippen MR) is 236 cm³/mol. The van der Waals surface area contributed by atoms with Gasteiger partial charge in [-0.25, -0.2) is 0 Å². The molecule has 1 saturated heterocycles. The highest BCUT2D eigenvalue weighted by atomic mass is 32.1. The highest BCUT2D eigenvalue weighted by molar-refractivity contribution is 7.11. The van der Waals surface area contributed by atoms with E-state index < -0.39 is 0 Å². The van der Waals surface area contributed by atoms with Crippen molar-refractivity contribution in [2.75, 3.05) is 24.6 Å². The van der Waals surface area contributed by atoms with Crippen LogP contribution in [0.25, 0.3) is 16.8 Å². The minimum Gasteiger partial charge on any atom is -0.381 e. The van der Waals surface area contributed by atoms with Gasteiger partial charge in [-0.3, -0.25) is 5.01 Å². The number of nitrogens with zero attached hydrogens (tertiary/aromatic N) is 2. The first-order chi connectivity index (χ1) is 25.4. The van der Waals surface area contributed by atoms with E-state index in [9.17, 15) is 0 Å². The Hall–Kier alpha value is -3.58. The molecule has 1 fully saturated rings. The summed E-state index contributed by atoms with van der Waals surface area (Å²) in [6.07, 6.45) is 7.05. The Labute approximate surface area is 328 Å². The lowest BCUT2D eigenvalue weighted by atomic mass is 9.70. The lowest BCUT2D eigenvalue weighted by Gasteiger charge is -2.35. The lowest BCUT2D eigenvalue weighted by Crippen LogP contribution is -2.42. The summed E-state index contributed by atoms with van der Waals surface area (Å²) < 4.78 is 0. The van der Waals surface area contributed by atoms with Gasteiger partial charge in [-0.05, 0) is 97.7 Å². The van der Waals surface area contributed by atoms with Crippen molar-refractivity contribution in [3.05, 3.63) is 118 Å². The third kappa shape index (κ3) is 10.3. The molecule has 0 atom stereocenters. The summed E-state index contributed by atoms with van der Waals surface area (Å²) in [6, 6.07) is 20.5. The zero-order valence-corrected chi connectivity index (χ0v) is 36.0. The number of hydrazine groups is 2. The van der Waals surface area contributed by atoms with Crippen LogP contribution in [-0.2, 0) is 5.41 Å². The third-order valence-electron chi connectivity index (χ3n) is 10.7. The number of unbranched alkanes of at least 4 members (excludes halogenated alkanes) is 1.